The molecule has 32 heavy (non-hydrogen) atoms. The van der Waals surface area contributed by atoms with Crippen LogP contribution in [0.15, 0.2) is 46.5 Å². The predicted octanol–water partition coefficient (Wildman–Crippen LogP) is 5.48. The Hall–Kier alpha value is -2.43. The number of aryl methyl sites for hydroxylation is 1. The molecule has 1 aromatic carbocycles. The maximum Gasteiger partial charge on any atom is 0.341 e. The zero-order chi connectivity index (χ0) is 23.3. The molecule has 0 saturated heterocycles. The molecular formula is C22H23BrN4O3S2. The molecule has 3 aromatic rings. The largest absolute Gasteiger partial charge is 0.462 e. The van der Waals surface area contributed by atoms with Gasteiger partial charge in [-0.05, 0) is 38.5 Å². The highest BCUT2D eigenvalue weighted by Crippen LogP contribution is 2.33. The maximum atomic E-state index is 12.7. The maximum absolute atomic E-state index is 12.7. The van der Waals surface area contributed by atoms with Crippen molar-refractivity contribution in [2.45, 2.75) is 32.5 Å². The van der Waals surface area contributed by atoms with Crippen molar-refractivity contribution in [1.29, 1.82) is 0 Å². The fourth-order valence-electron chi connectivity index (χ4n) is 2.96. The lowest BCUT2D eigenvalue weighted by Gasteiger charge is -2.09. The van der Waals surface area contributed by atoms with Crippen molar-refractivity contribution in [2.24, 2.45) is 0 Å². The highest BCUT2D eigenvalue weighted by atomic mass is 79.9. The zero-order valence-corrected chi connectivity index (χ0v) is 21.2. The molecule has 2 aromatic heterocycles. The van der Waals surface area contributed by atoms with E-state index in [2.05, 4.69) is 38.0 Å². The molecule has 0 bridgehead atoms. The van der Waals surface area contributed by atoms with Crippen molar-refractivity contribution in [1.82, 2.24) is 14.8 Å². The number of halogens is 1. The normalized spacial score (nSPS) is 10.8. The Bertz CT molecular complexity index is 1140. The third kappa shape index (κ3) is 5.48. The summed E-state index contributed by atoms with van der Waals surface area (Å²) in [6.07, 6.45) is 1.76. The van der Waals surface area contributed by atoms with E-state index in [1.165, 1.54) is 23.1 Å². The molecule has 0 spiro atoms. The van der Waals surface area contributed by atoms with Crippen molar-refractivity contribution in [2.75, 3.05) is 17.7 Å². The molecule has 0 aliphatic carbocycles. The van der Waals surface area contributed by atoms with Crippen molar-refractivity contribution < 1.29 is 14.3 Å². The summed E-state index contributed by atoms with van der Waals surface area (Å²) in [6, 6.07) is 7.78. The Morgan fingerprint density at radius 3 is 2.66 bits per heavy atom. The first-order valence-corrected chi connectivity index (χ1v) is 12.4. The predicted molar refractivity (Wildman–Crippen MR) is 132 cm³/mol. The number of benzene rings is 1. The van der Waals surface area contributed by atoms with E-state index < -0.39 is 5.97 Å². The van der Waals surface area contributed by atoms with Crippen LogP contribution in [0.3, 0.4) is 0 Å². The number of allylic oxidation sites excluding steroid dienone is 1. The molecular weight excluding hydrogens is 512 g/mol. The van der Waals surface area contributed by atoms with E-state index in [4.69, 9.17) is 4.74 Å². The third-order valence-electron chi connectivity index (χ3n) is 4.58. The number of aromatic nitrogens is 3. The first kappa shape index (κ1) is 24.2. The zero-order valence-electron chi connectivity index (χ0n) is 18.0. The van der Waals surface area contributed by atoms with Gasteiger partial charge in [-0.2, -0.15) is 0 Å². The van der Waals surface area contributed by atoms with Crippen LogP contribution in [0.5, 0.6) is 0 Å². The van der Waals surface area contributed by atoms with Crippen LogP contribution in [0, 0.1) is 13.8 Å². The summed E-state index contributed by atoms with van der Waals surface area (Å²) in [4.78, 5) is 26.0. The summed E-state index contributed by atoms with van der Waals surface area (Å²) in [5.41, 5.74) is 2.16. The fraction of sp³-hybridized carbons (Fsp3) is 0.273. The number of esters is 1. The number of ether oxygens (including phenoxy) is 1. The van der Waals surface area contributed by atoms with Crippen LogP contribution in [0.2, 0.25) is 0 Å². The van der Waals surface area contributed by atoms with Crippen LogP contribution in [-0.2, 0) is 16.1 Å². The van der Waals surface area contributed by atoms with Gasteiger partial charge in [0.15, 0.2) is 11.0 Å². The summed E-state index contributed by atoms with van der Waals surface area (Å²) < 4.78 is 8.04. The van der Waals surface area contributed by atoms with Gasteiger partial charge in [-0.3, -0.25) is 9.36 Å². The third-order valence-corrected chi connectivity index (χ3v) is 7.20. The van der Waals surface area contributed by atoms with E-state index in [-0.39, 0.29) is 18.3 Å². The summed E-state index contributed by atoms with van der Waals surface area (Å²) in [7, 11) is 0. The number of thiophene rings is 1. The van der Waals surface area contributed by atoms with Crippen LogP contribution >= 0.6 is 39.0 Å². The van der Waals surface area contributed by atoms with Gasteiger partial charge in [0.1, 0.15) is 5.00 Å². The minimum atomic E-state index is -0.429. The minimum Gasteiger partial charge on any atom is -0.462 e. The van der Waals surface area contributed by atoms with Crippen molar-refractivity contribution in [3.05, 3.63) is 57.4 Å². The number of carbonyl (C=O) groups is 2. The standard InChI is InChI=1S/C22H23BrN4O3S2/c1-5-11-27-19(15-7-9-16(23)10-8-15)25-26-22(27)31-12-17(28)24-20-18(21(29)30-6-2)13(3)14(4)32-20/h5,7-10H,1,6,11-12H2,2-4H3,(H,24,28). The number of carbonyl (C=O) groups excluding carboxylic acids is 2. The van der Waals surface area contributed by atoms with Gasteiger partial charge >= 0.3 is 5.97 Å². The Morgan fingerprint density at radius 2 is 2.00 bits per heavy atom. The average Bonchev–Trinajstić information content (AvgIpc) is 3.28. The Kier molecular flexibility index (Phi) is 8.27. The lowest BCUT2D eigenvalue weighted by atomic mass is 10.1. The van der Waals surface area contributed by atoms with E-state index in [0.29, 0.717) is 28.1 Å². The smallest absolute Gasteiger partial charge is 0.341 e. The lowest BCUT2D eigenvalue weighted by molar-refractivity contribution is -0.113. The summed E-state index contributed by atoms with van der Waals surface area (Å²) in [5, 5.41) is 12.5. The van der Waals surface area contributed by atoms with E-state index >= 15 is 0 Å². The molecule has 0 aliphatic rings. The number of anilines is 1. The summed E-state index contributed by atoms with van der Waals surface area (Å²) in [5.74, 6) is 0.158. The summed E-state index contributed by atoms with van der Waals surface area (Å²) >= 11 is 6.08. The van der Waals surface area contributed by atoms with E-state index in [1.807, 2.05) is 42.7 Å². The van der Waals surface area contributed by atoms with Gasteiger partial charge in [-0.25, -0.2) is 4.79 Å². The van der Waals surface area contributed by atoms with Crippen LogP contribution in [0.1, 0.15) is 27.7 Å². The molecule has 7 nitrogen and oxygen atoms in total. The highest BCUT2D eigenvalue weighted by Gasteiger charge is 2.22. The number of hydrogen-bond donors (Lipinski definition) is 1. The van der Waals surface area contributed by atoms with Crippen molar-refractivity contribution in [3.8, 4) is 11.4 Å². The SMILES string of the molecule is C=CCn1c(SCC(=O)Nc2sc(C)c(C)c2C(=O)OCC)nnc1-c1ccc(Br)cc1. The molecule has 10 heteroatoms. The average molecular weight is 535 g/mol. The first-order chi connectivity index (χ1) is 15.3. The van der Waals surface area contributed by atoms with Gasteiger partial charge < -0.3 is 10.1 Å². The number of hydrogen-bond acceptors (Lipinski definition) is 7. The second-order valence-corrected chi connectivity index (χ2v) is 9.84. The molecule has 0 unspecified atom stereocenters. The van der Waals surface area contributed by atoms with Gasteiger partial charge in [-0.1, -0.05) is 45.9 Å². The molecule has 1 amide bonds. The van der Waals surface area contributed by atoms with Gasteiger partial charge in [-0.15, -0.1) is 28.1 Å². The number of nitrogens with one attached hydrogen (secondary N) is 1. The second kappa shape index (κ2) is 10.9. The van der Waals surface area contributed by atoms with Gasteiger partial charge in [0, 0.05) is 21.5 Å². The molecule has 168 valence electrons. The molecule has 1 N–H and O–H groups in total. The summed E-state index contributed by atoms with van der Waals surface area (Å²) in [6.45, 7) is 10.1. The van der Waals surface area contributed by atoms with Gasteiger partial charge in [0.25, 0.3) is 0 Å². The van der Waals surface area contributed by atoms with Crippen LogP contribution in [0.25, 0.3) is 11.4 Å². The molecule has 3 rings (SSSR count). The first-order valence-electron chi connectivity index (χ1n) is 9.85. The monoisotopic (exact) mass is 534 g/mol. The van der Waals surface area contributed by atoms with Gasteiger partial charge in [0.2, 0.25) is 5.91 Å². The molecule has 0 fully saturated rings. The molecule has 0 radical (unpaired) electrons. The quantitative estimate of drug-likeness (QED) is 0.222. The second-order valence-electron chi connectivity index (χ2n) is 6.76. The molecule has 0 atom stereocenters. The minimum absolute atomic E-state index is 0.119. The van der Waals surface area contributed by atoms with E-state index in [1.54, 1.807) is 13.0 Å². The van der Waals surface area contributed by atoms with Crippen molar-refractivity contribution >= 4 is 55.9 Å². The Balaban J connectivity index is 1.74. The number of nitrogens with zero attached hydrogens (tertiary/aromatic N) is 3. The molecule has 0 aliphatic heterocycles. The van der Waals surface area contributed by atoms with E-state index in [9.17, 15) is 9.59 Å². The van der Waals surface area contributed by atoms with Gasteiger partial charge in [0.05, 0.1) is 17.9 Å². The van der Waals surface area contributed by atoms with Crippen LogP contribution in [-0.4, -0.2) is 39.0 Å². The fourth-order valence-corrected chi connectivity index (χ4v) is 5.04. The van der Waals surface area contributed by atoms with Crippen LogP contribution < -0.4 is 5.32 Å². The lowest BCUT2D eigenvalue weighted by Crippen LogP contribution is -2.17. The van der Waals surface area contributed by atoms with Crippen molar-refractivity contribution in [3.63, 3.8) is 0 Å². The topological polar surface area (TPSA) is 86.1 Å². The number of thioether (sulfide) groups is 1. The van der Waals surface area contributed by atoms with E-state index in [0.717, 1.165) is 20.5 Å². The number of rotatable bonds is 9. The Morgan fingerprint density at radius 1 is 1.28 bits per heavy atom. The Labute approximate surface area is 203 Å². The molecule has 0 saturated carbocycles. The molecule has 2 heterocycles. The van der Waals surface area contributed by atoms with Crippen LogP contribution in [0.4, 0.5) is 5.00 Å². The highest BCUT2D eigenvalue weighted by molar-refractivity contribution is 9.10. The number of amides is 1.